The lowest BCUT2D eigenvalue weighted by molar-refractivity contribution is -0.116. The Morgan fingerprint density at radius 3 is 2.02 bits per heavy atom. The van der Waals surface area contributed by atoms with Crippen LogP contribution < -0.4 is 10.2 Å². The number of amides is 1. The van der Waals surface area contributed by atoms with Crippen LogP contribution in [0.5, 0.6) is 0 Å². The molecule has 0 spiro atoms. The van der Waals surface area contributed by atoms with E-state index in [2.05, 4.69) is 115 Å². The van der Waals surface area contributed by atoms with Gasteiger partial charge in [-0.25, -0.2) is 0 Å². The van der Waals surface area contributed by atoms with Gasteiger partial charge in [-0.3, -0.25) is 9.59 Å². The Morgan fingerprint density at radius 2 is 1.48 bits per heavy atom. The molecule has 4 rings (SSSR count). The Morgan fingerprint density at radius 1 is 0.857 bits per heavy atom. The van der Waals surface area contributed by atoms with E-state index in [9.17, 15) is 9.59 Å². The van der Waals surface area contributed by atoms with Crippen LogP contribution in [0.1, 0.15) is 87.6 Å². The number of para-hydroxylation sites is 1. The summed E-state index contributed by atoms with van der Waals surface area (Å²) in [6.45, 7) is 23.4. The summed E-state index contributed by atoms with van der Waals surface area (Å²) in [7, 11) is 0. The molecule has 226 valence electrons. The Hall–Kier alpha value is -3.34. The number of Topliss-reactive ketones (excluding diaryl/α,β-unsaturated/α-hetero) is 1. The van der Waals surface area contributed by atoms with Crippen molar-refractivity contribution in [1.82, 2.24) is 4.90 Å². The molecular weight excluding hydrogens is 518 g/mol. The monoisotopic (exact) mass is 569 g/mol. The van der Waals surface area contributed by atoms with Crippen LogP contribution in [0.15, 0.2) is 78.1 Å². The molecule has 0 fully saturated rings. The number of anilines is 2. The smallest absolute Gasteiger partial charge is 0.253 e. The third-order valence-electron chi connectivity index (χ3n) is 9.22. The maximum Gasteiger partial charge on any atom is 0.253 e. The Kier molecular flexibility index (Phi) is 8.57. The number of hydrogen-bond donors (Lipinski definition) is 1. The van der Waals surface area contributed by atoms with Crippen molar-refractivity contribution < 1.29 is 9.59 Å². The van der Waals surface area contributed by atoms with Gasteiger partial charge in [0.1, 0.15) is 0 Å². The summed E-state index contributed by atoms with van der Waals surface area (Å²) in [5, 5.41) is 3.11. The highest BCUT2D eigenvalue weighted by atomic mass is 16.1. The summed E-state index contributed by atoms with van der Waals surface area (Å²) in [6.07, 6.45) is 5.29. The van der Waals surface area contributed by atoms with Gasteiger partial charge in [0.05, 0.1) is 0 Å². The first-order valence-electron chi connectivity index (χ1n) is 15.4. The SMILES string of the molecule is CC1(C)CN(C(C)(C)C)C=C1C(=O)CCC1CN(c2ccc(C(C)(C)C)cc2)C=C(C(=O)Nc2ccccc2)C1(C)C. The predicted octanol–water partition coefficient (Wildman–Crippen LogP) is 8.34. The van der Waals surface area contributed by atoms with Gasteiger partial charge in [0.25, 0.3) is 5.91 Å². The molecule has 2 aromatic rings. The average molecular weight is 570 g/mol. The summed E-state index contributed by atoms with van der Waals surface area (Å²) in [4.78, 5) is 32.0. The van der Waals surface area contributed by atoms with Crippen molar-refractivity contribution in [3.05, 3.63) is 83.7 Å². The standard InChI is InChI=1S/C37H51N3O2/c1-34(2,3)26-16-19-29(20-17-26)39-22-27(18-21-32(41)30-24-40(35(4,5)6)25-36(30,7)8)37(9,10)31(23-39)33(42)38-28-14-12-11-13-15-28/h11-17,19-20,23-24,27H,18,21-22,25H2,1-10H3,(H,38,42). The van der Waals surface area contributed by atoms with Crippen LogP contribution >= 0.6 is 0 Å². The molecular formula is C37H51N3O2. The average Bonchev–Trinajstić information content (AvgIpc) is 3.23. The summed E-state index contributed by atoms with van der Waals surface area (Å²) in [5.41, 5.74) is 4.18. The highest BCUT2D eigenvalue weighted by molar-refractivity contribution is 6.05. The number of ketones is 1. The van der Waals surface area contributed by atoms with E-state index in [1.165, 1.54) is 5.56 Å². The van der Waals surface area contributed by atoms with Crippen molar-refractivity contribution in [3.63, 3.8) is 0 Å². The van der Waals surface area contributed by atoms with Gasteiger partial charge in [-0.05, 0) is 68.4 Å². The van der Waals surface area contributed by atoms with Crippen LogP contribution in [0.4, 0.5) is 11.4 Å². The largest absolute Gasteiger partial charge is 0.371 e. The number of benzene rings is 2. The summed E-state index contributed by atoms with van der Waals surface area (Å²) < 4.78 is 0. The maximum atomic E-state index is 13.8. The number of nitrogens with one attached hydrogen (secondary N) is 1. The lowest BCUT2D eigenvalue weighted by atomic mass is 9.68. The van der Waals surface area contributed by atoms with E-state index in [-0.39, 0.29) is 34.0 Å². The quantitative estimate of drug-likeness (QED) is 0.364. The first-order chi connectivity index (χ1) is 19.4. The minimum absolute atomic E-state index is 0.0283. The van der Waals surface area contributed by atoms with Crippen molar-refractivity contribution in [2.24, 2.45) is 16.7 Å². The molecule has 1 N–H and O–H groups in total. The molecule has 0 saturated heterocycles. The third-order valence-corrected chi connectivity index (χ3v) is 9.22. The Labute approximate surface area is 254 Å². The summed E-state index contributed by atoms with van der Waals surface area (Å²) in [5.74, 6) is 0.224. The minimum Gasteiger partial charge on any atom is -0.371 e. The van der Waals surface area contributed by atoms with Gasteiger partial charge in [0.15, 0.2) is 5.78 Å². The maximum absolute atomic E-state index is 13.8. The first-order valence-corrected chi connectivity index (χ1v) is 15.4. The molecule has 1 unspecified atom stereocenters. The first kappa shape index (κ1) is 31.6. The molecule has 0 aromatic heterocycles. The molecule has 0 bridgehead atoms. The van der Waals surface area contributed by atoms with Gasteiger partial charge in [-0.15, -0.1) is 0 Å². The zero-order valence-electron chi connectivity index (χ0n) is 27.5. The fraction of sp³-hybridized carbons (Fsp3) is 0.514. The van der Waals surface area contributed by atoms with Crippen molar-refractivity contribution in [2.45, 2.75) is 93.0 Å². The second kappa shape index (κ2) is 11.4. The molecule has 5 heteroatoms. The highest BCUT2D eigenvalue weighted by Gasteiger charge is 2.43. The van der Waals surface area contributed by atoms with E-state index in [0.29, 0.717) is 12.8 Å². The normalized spacial score (nSPS) is 20.2. The second-order valence-electron chi connectivity index (χ2n) is 15.4. The lowest BCUT2D eigenvalue weighted by Crippen LogP contribution is -2.44. The zero-order valence-corrected chi connectivity index (χ0v) is 27.5. The molecule has 42 heavy (non-hydrogen) atoms. The van der Waals surface area contributed by atoms with Gasteiger partial charge in [0.2, 0.25) is 0 Å². The van der Waals surface area contributed by atoms with E-state index in [4.69, 9.17) is 0 Å². The molecule has 0 saturated carbocycles. The minimum atomic E-state index is -0.419. The molecule has 2 heterocycles. The molecule has 2 aromatic carbocycles. The van der Waals surface area contributed by atoms with Gasteiger partial charge in [0, 0.05) is 70.8 Å². The van der Waals surface area contributed by atoms with Gasteiger partial charge in [-0.2, -0.15) is 0 Å². The lowest BCUT2D eigenvalue weighted by Gasteiger charge is -2.44. The van der Waals surface area contributed by atoms with Gasteiger partial charge in [-0.1, -0.05) is 78.8 Å². The number of rotatable bonds is 7. The Balaban J connectivity index is 1.62. The van der Waals surface area contributed by atoms with E-state index in [1.54, 1.807) is 0 Å². The van der Waals surface area contributed by atoms with Crippen LogP contribution in [0, 0.1) is 16.7 Å². The van der Waals surface area contributed by atoms with E-state index < -0.39 is 5.41 Å². The predicted molar refractivity (Wildman–Crippen MR) is 175 cm³/mol. The van der Waals surface area contributed by atoms with Gasteiger partial charge >= 0.3 is 0 Å². The van der Waals surface area contributed by atoms with Crippen molar-refractivity contribution >= 4 is 23.1 Å². The number of hydrogen-bond acceptors (Lipinski definition) is 4. The molecule has 0 aliphatic carbocycles. The number of nitrogens with zero attached hydrogens (tertiary/aromatic N) is 2. The van der Waals surface area contributed by atoms with E-state index in [0.717, 1.165) is 35.6 Å². The van der Waals surface area contributed by atoms with Crippen molar-refractivity contribution in [3.8, 4) is 0 Å². The fourth-order valence-electron chi connectivity index (χ4n) is 6.12. The molecule has 5 nitrogen and oxygen atoms in total. The van der Waals surface area contributed by atoms with Crippen molar-refractivity contribution in [1.29, 1.82) is 0 Å². The molecule has 0 radical (unpaired) electrons. The summed E-state index contributed by atoms with van der Waals surface area (Å²) >= 11 is 0. The second-order valence-corrected chi connectivity index (χ2v) is 15.4. The molecule has 1 atom stereocenters. The topological polar surface area (TPSA) is 52.7 Å². The third kappa shape index (κ3) is 6.82. The molecule has 2 aliphatic rings. The molecule has 1 amide bonds. The van der Waals surface area contributed by atoms with E-state index >= 15 is 0 Å². The van der Waals surface area contributed by atoms with Crippen LogP contribution in [0.3, 0.4) is 0 Å². The highest BCUT2D eigenvalue weighted by Crippen LogP contribution is 2.45. The fourth-order valence-corrected chi connectivity index (χ4v) is 6.12. The van der Waals surface area contributed by atoms with Crippen LogP contribution in [0.2, 0.25) is 0 Å². The van der Waals surface area contributed by atoms with Crippen LogP contribution in [0.25, 0.3) is 0 Å². The van der Waals surface area contributed by atoms with Crippen LogP contribution in [-0.2, 0) is 15.0 Å². The number of carbonyl (C=O) groups is 2. The number of carbonyl (C=O) groups excluding carboxylic acids is 2. The van der Waals surface area contributed by atoms with E-state index in [1.807, 2.05) is 36.5 Å². The van der Waals surface area contributed by atoms with Crippen molar-refractivity contribution in [2.75, 3.05) is 23.3 Å². The summed E-state index contributed by atoms with van der Waals surface area (Å²) in [6, 6.07) is 18.3. The molecule has 2 aliphatic heterocycles. The van der Waals surface area contributed by atoms with Crippen LogP contribution in [-0.4, -0.2) is 35.2 Å². The Bertz CT molecular complexity index is 1350. The van der Waals surface area contributed by atoms with Gasteiger partial charge < -0.3 is 15.1 Å². The zero-order chi connectivity index (χ0) is 31.1.